The third kappa shape index (κ3) is 5.13. The van der Waals surface area contributed by atoms with Gasteiger partial charge in [0.15, 0.2) is 0 Å². The molecule has 1 N–H and O–H groups in total. The molecule has 2 nitrogen and oxygen atoms in total. The zero-order valence-corrected chi connectivity index (χ0v) is 7.81. The number of hydrogen-bond acceptors (Lipinski definition) is 2. The van der Waals surface area contributed by atoms with Crippen LogP contribution in [0.25, 0.3) is 0 Å². The minimum Gasteiger partial charge on any atom is -0.481 e. The van der Waals surface area contributed by atoms with E-state index in [-0.39, 0.29) is 5.92 Å². The molecule has 0 spiro atoms. The predicted molar refractivity (Wildman–Crippen MR) is 49.1 cm³/mol. The van der Waals surface area contributed by atoms with E-state index in [1.807, 2.05) is 0 Å². The van der Waals surface area contributed by atoms with Crippen LogP contribution in [0.4, 0.5) is 0 Å². The van der Waals surface area contributed by atoms with Crippen molar-refractivity contribution in [2.75, 3.05) is 5.75 Å². The third-order valence-electron chi connectivity index (χ3n) is 1.73. The maximum absolute atomic E-state index is 10.5. The van der Waals surface area contributed by atoms with Crippen LogP contribution in [0.5, 0.6) is 0 Å². The summed E-state index contributed by atoms with van der Waals surface area (Å²) in [7, 11) is 0. The van der Waals surface area contributed by atoms with E-state index in [0.29, 0.717) is 5.75 Å². The fourth-order valence-corrected chi connectivity index (χ4v) is 1.27. The molecule has 0 aliphatic heterocycles. The van der Waals surface area contributed by atoms with E-state index < -0.39 is 5.97 Å². The molecule has 1 unspecified atom stereocenters. The van der Waals surface area contributed by atoms with Gasteiger partial charge >= 0.3 is 5.97 Å². The lowest BCUT2D eigenvalue weighted by Crippen LogP contribution is -2.14. The first kappa shape index (κ1) is 10.8. The Bertz CT molecular complexity index is 115. The van der Waals surface area contributed by atoms with Gasteiger partial charge in [0.05, 0.1) is 5.92 Å². The summed E-state index contributed by atoms with van der Waals surface area (Å²) in [5, 5.41) is 8.62. The van der Waals surface area contributed by atoms with Crippen LogP contribution in [0.3, 0.4) is 0 Å². The van der Waals surface area contributed by atoms with Crippen molar-refractivity contribution in [2.24, 2.45) is 5.92 Å². The summed E-state index contributed by atoms with van der Waals surface area (Å²) >= 11 is 3.98. The number of carboxylic acids is 1. The van der Waals surface area contributed by atoms with E-state index in [9.17, 15) is 4.79 Å². The van der Waals surface area contributed by atoms with Crippen molar-refractivity contribution < 1.29 is 9.90 Å². The molecule has 0 aromatic carbocycles. The Balaban J connectivity index is 3.44. The number of aliphatic carboxylic acids is 1. The van der Waals surface area contributed by atoms with Gasteiger partial charge in [-0.2, -0.15) is 12.6 Å². The molecule has 1 atom stereocenters. The lowest BCUT2D eigenvalue weighted by Gasteiger charge is -2.07. The highest BCUT2D eigenvalue weighted by Gasteiger charge is 2.13. The molecule has 0 saturated heterocycles. The number of hydrogen-bond donors (Lipinski definition) is 2. The molecular weight excluding hydrogens is 160 g/mol. The van der Waals surface area contributed by atoms with Gasteiger partial charge in [-0.3, -0.25) is 4.79 Å². The zero-order chi connectivity index (χ0) is 8.69. The predicted octanol–water partition coefficient (Wildman–Crippen LogP) is 2.20. The number of rotatable bonds is 6. The summed E-state index contributed by atoms with van der Waals surface area (Å²) in [6.45, 7) is 2.11. The zero-order valence-electron chi connectivity index (χ0n) is 6.92. The largest absolute Gasteiger partial charge is 0.481 e. The van der Waals surface area contributed by atoms with Crippen LogP contribution in [0, 0.1) is 5.92 Å². The fraction of sp³-hybridized carbons (Fsp3) is 0.875. The van der Waals surface area contributed by atoms with Crippen LogP contribution in [-0.4, -0.2) is 16.8 Å². The molecule has 0 aromatic heterocycles. The molecule has 11 heavy (non-hydrogen) atoms. The molecule has 0 rings (SSSR count). The van der Waals surface area contributed by atoms with Gasteiger partial charge in [0.25, 0.3) is 0 Å². The Kier molecular flexibility index (Phi) is 6.42. The monoisotopic (exact) mass is 176 g/mol. The van der Waals surface area contributed by atoms with Gasteiger partial charge in [0, 0.05) is 5.75 Å². The maximum atomic E-state index is 10.5. The van der Waals surface area contributed by atoms with Crippen molar-refractivity contribution >= 4 is 18.6 Å². The molecule has 3 heteroatoms. The van der Waals surface area contributed by atoms with Gasteiger partial charge in [0.1, 0.15) is 0 Å². The first-order valence-corrected chi connectivity index (χ1v) is 4.69. The molecule has 0 fully saturated rings. The molecule has 0 amide bonds. The van der Waals surface area contributed by atoms with Crippen LogP contribution < -0.4 is 0 Å². The van der Waals surface area contributed by atoms with Crippen molar-refractivity contribution in [2.45, 2.75) is 32.6 Å². The quantitative estimate of drug-likeness (QED) is 0.481. The Morgan fingerprint density at radius 3 is 2.55 bits per heavy atom. The average molecular weight is 176 g/mol. The number of carboxylic acid groups (broad SMARTS) is 1. The summed E-state index contributed by atoms with van der Waals surface area (Å²) < 4.78 is 0. The number of thiol groups is 1. The molecule has 0 aliphatic rings. The molecule has 0 aromatic rings. The van der Waals surface area contributed by atoms with Crippen molar-refractivity contribution in [3.05, 3.63) is 0 Å². The second-order valence-corrected chi connectivity index (χ2v) is 3.08. The topological polar surface area (TPSA) is 37.3 Å². The lowest BCUT2D eigenvalue weighted by molar-refractivity contribution is -0.141. The van der Waals surface area contributed by atoms with Gasteiger partial charge in [0.2, 0.25) is 0 Å². The second kappa shape index (κ2) is 6.53. The van der Waals surface area contributed by atoms with Gasteiger partial charge < -0.3 is 5.11 Å². The minimum atomic E-state index is -0.712. The van der Waals surface area contributed by atoms with Gasteiger partial charge in [-0.1, -0.05) is 26.2 Å². The molecule has 0 bridgehead atoms. The normalized spacial score (nSPS) is 12.9. The summed E-state index contributed by atoms with van der Waals surface area (Å²) in [5.74, 6) is -0.500. The highest BCUT2D eigenvalue weighted by molar-refractivity contribution is 7.80. The average Bonchev–Trinajstić information content (AvgIpc) is 1.97. The minimum absolute atomic E-state index is 0.245. The van der Waals surface area contributed by atoms with Crippen molar-refractivity contribution in [3.8, 4) is 0 Å². The Labute approximate surface area is 73.4 Å². The van der Waals surface area contributed by atoms with E-state index in [4.69, 9.17) is 5.11 Å². The van der Waals surface area contributed by atoms with Crippen molar-refractivity contribution in [1.29, 1.82) is 0 Å². The number of unbranched alkanes of at least 4 members (excludes halogenated alkanes) is 2. The van der Waals surface area contributed by atoms with Gasteiger partial charge in [-0.05, 0) is 6.42 Å². The van der Waals surface area contributed by atoms with Crippen LogP contribution in [0.2, 0.25) is 0 Å². The van der Waals surface area contributed by atoms with E-state index in [1.54, 1.807) is 0 Å². The Hall–Kier alpha value is -0.180. The van der Waals surface area contributed by atoms with Gasteiger partial charge in [-0.25, -0.2) is 0 Å². The van der Waals surface area contributed by atoms with Crippen LogP contribution in [0.1, 0.15) is 32.6 Å². The van der Waals surface area contributed by atoms with Crippen LogP contribution >= 0.6 is 12.6 Å². The van der Waals surface area contributed by atoms with Crippen LogP contribution in [0.15, 0.2) is 0 Å². The fourth-order valence-electron chi connectivity index (χ4n) is 0.934. The molecule has 66 valence electrons. The Morgan fingerprint density at radius 1 is 1.55 bits per heavy atom. The van der Waals surface area contributed by atoms with Crippen LogP contribution in [-0.2, 0) is 4.79 Å². The number of carbonyl (C=O) groups is 1. The summed E-state index contributed by atoms with van der Waals surface area (Å²) in [5.41, 5.74) is 0. The van der Waals surface area contributed by atoms with E-state index in [1.165, 1.54) is 0 Å². The highest BCUT2D eigenvalue weighted by Crippen LogP contribution is 2.11. The first-order chi connectivity index (χ1) is 5.22. The summed E-state index contributed by atoms with van der Waals surface area (Å²) in [6.07, 6.45) is 4.04. The summed E-state index contributed by atoms with van der Waals surface area (Å²) in [6, 6.07) is 0. The SMILES string of the molecule is CCCCCC(CS)C(=O)O. The second-order valence-electron chi connectivity index (χ2n) is 2.71. The lowest BCUT2D eigenvalue weighted by atomic mass is 10.0. The highest BCUT2D eigenvalue weighted by atomic mass is 32.1. The van der Waals surface area contributed by atoms with Crippen molar-refractivity contribution in [3.63, 3.8) is 0 Å². The van der Waals surface area contributed by atoms with Gasteiger partial charge in [-0.15, -0.1) is 0 Å². The molecule has 0 aliphatic carbocycles. The Morgan fingerprint density at radius 2 is 2.18 bits per heavy atom. The molecular formula is C8H16O2S. The summed E-state index contributed by atoms with van der Waals surface area (Å²) in [4.78, 5) is 10.5. The van der Waals surface area contributed by atoms with E-state index in [2.05, 4.69) is 19.6 Å². The standard InChI is InChI=1S/C8H16O2S/c1-2-3-4-5-7(6-11)8(9)10/h7,11H,2-6H2,1H3,(H,9,10). The maximum Gasteiger partial charge on any atom is 0.307 e. The third-order valence-corrected chi connectivity index (χ3v) is 2.17. The van der Waals surface area contributed by atoms with E-state index in [0.717, 1.165) is 25.7 Å². The van der Waals surface area contributed by atoms with E-state index >= 15 is 0 Å². The molecule has 0 saturated carbocycles. The molecule has 0 heterocycles. The molecule has 0 radical (unpaired) electrons. The smallest absolute Gasteiger partial charge is 0.307 e. The first-order valence-electron chi connectivity index (χ1n) is 4.06. The van der Waals surface area contributed by atoms with Crippen molar-refractivity contribution in [1.82, 2.24) is 0 Å².